The molecule has 0 aromatic carbocycles. The van der Waals surface area contributed by atoms with E-state index in [4.69, 9.17) is 0 Å². The van der Waals surface area contributed by atoms with Crippen molar-refractivity contribution in [3.8, 4) is 0 Å². The van der Waals surface area contributed by atoms with Gasteiger partial charge in [-0.25, -0.2) is 9.97 Å². The highest BCUT2D eigenvalue weighted by atomic mass is 15.2. The van der Waals surface area contributed by atoms with Crippen LogP contribution in [-0.2, 0) is 6.54 Å². The van der Waals surface area contributed by atoms with E-state index >= 15 is 0 Å². The van der Waals surface area contributed by atoms with Crippen LogP contribution >= 0.6 is 0 Å². The summed E-state index contributed by atoms with van der Waals surface area (Å²) < 4.78 is 0. The molecule has 0 amide bonds. The Balaban J connectivity index is 2.00. The molecule has 100 valence electrons. The Morgan fingerprint density at radius 2 is 2.11 bits per heavy atom. The maximum absolute atomic E-state index is 4.35. The van der Waals surface area contributed by atoms with Gasteiger partial charge in [-0.05, 0) is 18.9 Å². The van der Waals surface area contributed by atoms with Crippen molar-refractivity contribution in [2.75, 3.05) is 13.1 Å². The molecule has 2 atom stereocenters. The number of piperazine rings is 1. The zero-order chi connectivity index (χ0) is 12.8. The van der Waals surface area contributed by atoms with Gasteiger partial charge in [0.05, 0.1) is 6.54 Å². The van der Waals surface area contributed by atoms with Gasteiger partial charge in [-0.2, -0.15) is 0 Å². The van der Waals surface area contributed by atoms with Crippen molar-refractivity contribution >= 4 is 0 Å². The van der Waals surface area contributed by atoms with E-state index in [0.29, 0.717) is 12.1 Å². The average molecular weight is 248 g/mol. The Hall–Kier alpha value is -1.00. The molecular formula is C14H24N4. The molecule has 1 aliphatic heterocycles. The first-order valence-electron chi connectivity index (χ1n) is 7.06. The summed E-state index contributed by atoms with van der Waals surface area (Å²) in [6, 6.07) is 3.11. The van der Waals surface area contributed by atoms with Gasteiger partial charge >= 0.3 is 0 Å². The molecule has 1 aromatic heterocycles. The van der Waals surface area contributed by atoms with Gasteiger partial charge in [-0.3, -0.25) is 4.90 Å². The van der Waals surface area contributed by atoms with E-state index < -0.39 is 0 Å². The quantitative estimate of drug-likeness (QED) is 0.863. The Kier molecular flexibility index (Phi) is 5.08. The van der Waals surface area contributed by atoms with Crippen LogP contribution in [0.15, 0.2) is 18.5 Å². The monoisotopic (exact) mass is 248 g/mol. The molecule has 1 N–H and O–H groups in total. The van der Waals surface area contributed by atoms with E-state index in [9.17, 15) is 0 Å². The minimum Gasteiger partial charge on any atom is -0.311 e. The molecule has 4 nitrogen and oxygen atoms in total. The molecule has 0 aliphatic carbocycles. The summed E-state index contributed by atoms with van der Waals surface area (Å²) in [6.07, 6.45) is 7.32. The van der Waals surface area contributed by atoms with Crippen LogP contribution in [0.5, 0.6) is 0 Å². The maximum Gasteiger partial charge on any atom is 0.142 e. The second-order valence-corrected chi connectivity index (χ2v) is 5.05. The largest absolute Gasteiger partial charge is 0.311 e. The van der Waals surface area contributed by atoms with Crippen LogP contribution in [0.2, 0.25) is 0 Å². The molecule has 0 radical (unpaired) electrons. The van der Waals surface area contributed by atoms with Gasteiger partial charge in [-0.15, -0.1) is 0 Å². The topological polar surface area (TPSA) is 41.0 Å². The predicted molar refractivity (Wildman–Crippen MR) is 73.2 cm³/mol. The highest BCUT2D eigenvalue weighted by Crippen LogP contribution is 2.15. The number of rotatable bonds is 5. The van der Waals surface area contributed by atoms with E-state index in [1.54, 1.807) is 0 Å². The molecule has 1 saturated heterocycles. The molecule has 1 aromatic rings. The van der Waals surface area contributed by atoms with Crippen LogP contribution in [0, 0.1) is 0 Å². The minimum absolute atomic E-state index is 0.613. The van der Waals surface area contributed by atoms with Crippen LogP contribution < -0.4 is 5.32 Å². The lowest BCUT2D eigenvalue weighted by Crippen LogP contribution is -2.55. The van der Waals surface area contributed by atoms with Crippen LogP contribution in [0.25, 0.3) is 0 Å². The first kappa shape index (κ1) is 13.4. The molecule has 18 heavy (non-hydrogen) atoms. The lowest BCUT2D eigenvalue weighted by atomic mass is 10.0. The normalized spacial score (nSPS) is 25.2. The number of nitrogens with one attached hydrogen (secondary N) is 1. The number of aromatic nitrogens is 2. The summed E-state index contributed by atoms with van der Waals surface area (Å²) in [4.78, 5) is 11.2. The highest BCUT2D eigenvalue weighted by Gasteiger charge is 2.26. The molecule has 2 unspecified atom stereocenters. The van der Waals surface area contributed by atoms with Crippen molar-refractivity contribution in [2.24, 2.45) is 0 Å². The molecule has 1 aliphatic rings. The Labute approximate surface area is 110 Å². The van der Waals surface area contributed by atoms with Crippen molar-refractivity contribution < 1.29 is 0 Å². The van der Waals surface area contributed by atoms with Gasteiger partial charge in [0.15, 0.2) is 0 Å². The van der Waals surface area contributed by atoms with Crippen molar-refractivity contribution in [1.29, 1.82) is 0 Å². The van der Waals surface area contributed by atoms with Crippen LogP contribution in [0.1, 0.15) is 38.9 Å². The van der Waals surface area contributed by atoms with E-state index in [1.165, 1.54) is 19.3 Å². The Morgan fingerprint density at radius 3 is 2.78 bits per heavy atom. The van der Waals surface area contributed by atoms with E-state index in [2.05, 4.69) is 34.0 Å². The molecular weight excluding hydrogens is 224 g/mol. The van der Waals surface area contributed by atoms with Crippen LogP contribution in [0.3, 0.4) is 0 Å². The van der Waals surface area contributed by atoms with E-state index in [1.807, 2.05) is 18.5 Å². The third-order valence-corrected chi connectivity index (χ3v) is 3.69. The van der Waals surface area contributed by atoms with Gasteiger partial charge in [0.2, 0.25) is 0 Å². The first-order valence-corrected chi connectivity index (χ1v) is 7.06. The molecule has 2 heterocycles. The first-order chi connectivity index (χ1) is 8.83. The van der Waals surface area contributed by atoms with Crippen molar-refractivity contribution in [3.63, 3.8) is 0 Å². The van der Waals surface area contributed by atoms with Crippen LogP contribution in [-0.4, -0.2) is 40.0 Å². The minimum atomic E-state index is 0.613. The second kappa shape index (κ2) is 6.81. The zero-order valence-electron chi connectivity index (χ0n) is 11.5. The van der Waals surface area contributed by atoms with Crippen molar-refractivity contribution in [3.05, 3.63) is 24.3 Å². The fraction of sp³-hybridized carbons (Fsp3) is 0.714. The summed E-state index contributed by atoms with van der Waals surface area (Å²) >= 11 is 0. The fourth-order valence-corrected chi connectivity index (χ4v) is 2.61. The smallest absolute Gasteiger partial charge is 0.142 e. The van der Waals surface area contributed by atoms with Crippen molar-refractivity contribution in [1.82, 2.24) is 20.2 Å². The van der Waals surface area contributed by atoms with Crippen LogP contribution in [0.4, 0.5) is 0 Å². The lowest BCUT2D eigenvalue weighted by Gasteiger charge is -2.40. The van der Waals surface area contributed by atoms with E-state index in [-0.39, 0.29) is 0 Å². The van der Waals surface area contributed by atoms with Crippen molar-refractivity contribution in [2.45, 2.75) is 51.7 Å². The van der Waals surface area contributed by atoms with Gasteiger partial charge in [0, 0.05) is 37.6 Å². The Morgan fingerprint density at radius 1 is 1.33 bits per heavy atom. The average Bonchev–Trinajstić information content (AvgIpc) is 2.42. The number of hydrogen-bond acceptors (Lipinski definition) is 4. The summed E-state index contributed by atoms with van der Waals surface area (Å²) in [5.74, 6) is 0.940. The molecule has 2 rings (SSSR count). The summed E-state index contributed by atoms with van der Waals surface area (Å²) in [5.41, 5.74) is 0. The molecule has 1 fully saturated rings. The highest BCUT2D eigenvalue weighted by molar-refractivity contribution is 4.92. The van der Waals surface area contributed by atoms with Gasteiger partial charge in [0.1, 0.15) is 5.82 Å². The van der Waals surface area contributed by atoms with E-state index in [0.717, 1.165) is 25.5 Å². The number of nitrogens with zero attached hydrogens (tertiary/aromatic N) is 3. The lowest BCUT2D eigenvalue weighted by molar-refractivity contribution is 0.110. The summed E-state index contributed by atoms with van der Waals surface area (Å²) in [5, 5.41) is 3.64. The van der Waals surface area contributed by atoms with Gasteiger partial charge in [-0.1, -0.05) is 20.3 Å². The second-order valence-electron chi connectivity index (χ2n) is 5.05. The Bertz CT molecular complexity index is 341. The third kappa shape index (κ3) is 3.50. The fourth-order valence-electron chi connectivity index (χ4n) is 2.61. The van der Waals surface area contributed by atoms with Gasteiger partial charge < -0.3 is 5.32 Å². The summed E-state index contributed by atoms with van der Waals surface area (Å²) in [7, 11) is 0. The van der Waals surface area contributed by atoms with Gasteiger partial charge in [0.25, 0.3) is 0 Å². The molecule has 0 bridgehead atoms. The number of hydrogen-bond donors (Lipinski definition) is 1. The molecule has 0 saturated carbocycles. The zero-order valence-corrected chi connectivity index (χ0v) is 11.5. The summed E-state index contributed by atoms with van der Waals surface area (Å²) in [6.45, 7) is 7.58. The predicted octanol–water partition coefficient (Wildman–Crippen LogP) is 1.83. The SMILES string of the molecule is CCCC1CNC(CC)CN1Cc1ncccn1. The third-order valence-electron chi connectivity index (χ3n) is 3.69. The molecule has 4 heteroatoms. The maximum atomic E-state index is 4.35. The standard InChI is InChI=1S/C14H24N4/c1-3-6-13-9-17-12(4-2)10-18(13)11-14-15-7-5-8-16-14/h5,7-8,12-13,17H,3-4,6,9-11H2,1-2H3. The molecule has 0 spiro atoms.